The summed E-state index contributed by atoms with van der Waals surface area (Å²) in [7, 11) is 4.20. The van der Waals surface area contributed by atoms with Crippen molar-refractivity contribution >= 4 is 5.69 Å². The largest absolute Gasteiger partial charge is 0.381 e. The smallest absolute Gasteiger partial charge is 0.0403 e. The van der Waals surface area contributed by atoms with Crippen molar-refractivity contribution in [2.75, 3.05) is 19.4 Å². The number of rotatable bonds is 5. The van der Waals surface area contributed by atoms with Gasteiger partial charge in [-0.3, -0.25) is 0 Å². The third-order valence-electron chi connectivity index (χ3n) is 3.93. The highest BCUT2D eigenvalue weighted by Crippen LogP contribution is 2.20. The van der Waals surface area contributed by atoms with Gasteiger partial charge >= 0.3 is 0 Å². The molecule has 2 nitrogen and oxygen atoms in total. The number of anilines is 1. The molecule has 0 saturated heterocycles. The highest BCUT2D eigenvalue weighted by atomic mass is 15.1. The zero-order chi connectivity index (χ0) is 15.4. The fraction of sp³-hybridized carbons (Fsp3) is 0.368. The SMILES string of the molecule is Cc1cc(C)c(CNc2ccccc2CN(C)C)cc1C. The predicted octanol–water partition coefficient (Wildman–Crippen LogP) is 4.29. The first-order valence-electron chi connectivity index (χ1n) is 7.50. The molecule has 0 aliphatic carbocycles. The first-order valence-corrected chi connectivity index (χ1v) is 7.50. The van der Waals surface area contributed by atoms with E-state index in [4.69, 9.17) is 0 Å². The number of aryl methyl sites for hydroxylation is 3. The van der Waals surface area contributed by atoms with Crippen LogP contribution in [0.3, 0.4) is 0 Å². The van der Waals surface area contributed by atoms with Crippen LogP contribution in [0.5, 0.6) is 0 Å². The molecule has 21 heavy (non-hydrogen) atoms. The quantitative estimate of drug-likeness (QED) is 0.880. The molecular formula is C19H26N2. The molecule has 0 bridgehead atoms. The number of benzene rings is 2. The van der Waals surface area contributed by atoms with Gasteiger partial charge in [-0.2, -0.15) is 0 Å². The van der Waals surface area contributed by atoms with Gasteiger partial charge in [0, 0.05) is 18.8 Å². The first-order chi connectivity index (χ1) is 9.97. The molecule has 2 rings (SSSR count). The molecule has 0 saturated carbocycles. The minimum atomic E-state index is 0.872. The maximum atomic E-state index is 3.60. The Kier molecular flexibility index (Phi) is 5.03. The Morgan fingerprint density at radius 1 is 0.857 bits per heavy atom. The Balaban J connectivity index is 2.15. The Bertz CT molecular complexity index is 615. The standard InChI is InChI=1S/C19H26N2/c1-14-10-16(3)18(11-15(14)2)12-20-19-9-7-6-8-17(19)13-21(4)5/h6-11,20H,12-13H2,1-5H3. The summed E-state index contributed by atoms with van der Waals surface area (Å²) in [6.45, 7) is 8.37. The first kappa shape index (κ1) is 15.6. The van der Waals surface area contributed by atoms with Crippen LogP contribution in [0.15, 0.2) is 36.4 Å². The molecule has 0 aliphatic rings. The van der Waals surface area contributed by atoms with Crippen LogP contribution in [0.25, 0.3) is 0 Å². The fourth-order valence-electron chi connectivity index (χ4n) is 2.57. The summed E-state index contributed by atoms with van der Waals surface area (Å²) in [6, 6.07) is 13.1. The van der Waals surface area contributed by atoms with Crippen LogP contribution in [-0.4, -0.2) is 19.0 Å². The molecule has 0 atom stereocenters. The van der Waals surface area contributed by atoms with Crippen LogP contribution in [0.2, 0.25) is 0 Å². The monoisotopic (exact) mass is 282 g/mol. The molecule has 2 heteroatoms. The van der Waals surface area contributed by atoms with Crippen molar-refractivity contribution in [1.29, 1.82) is 0 Å². The van der Waals surface area contributed by atoms with E-state index in [9.17, 15) is 0 Å². The topological polar surface area (TPSA) is 15.3 Å². The molecule has 1 N–H and O–H groups in total. The molecule has 0 unspecified atom stereocenters. The summed E-state index contributed by atoms with van der Waals surface area (Å²) in [5, 5.41) is 3.60. The third-order valence-corrected chi connectivity index (χ3v) is 3.93. The summed E-state index contributed by atoms with van der Waals surface area (Å²) in [6.07, 6.45) is 0. The van der Waals surface area contributed by atoms with Gasteiger partial charge in [0.1, 0.15) is 0 Å². The summed E-state index contributed by atoms with van der Waals surface area (Å²) >= 11 is 0. The zero-order valence-electron chi connectivity index (χ0n) is 13.8. The summed E-state index contributed by atoms with van der Waals surface area (Å²) in [5.41, 5.74) is 8.02. The van der Waals surface area contributed by atoms with E-state index in [1.165, 1.54) is 33.5 Å². The molecule has 0 spiro atoms. The van der Waals surface area contributed by atoms with E-state index in [2.05, 4.69) is 81.5 Å². The molecule has 0 amide bonds. The second-order valence-electron chi connectivity index (χ2n) is 6.11. The van der Waals surface area contributed by atoms with Gasteiger partial charge in [-0.1, -0.05) is 30.3 Å². The fourth-order valence-corrected chi connectivity index (χ4v) is 2.57. The average Bonchev–Trinajstić information content (AvgIpc) is 2.42. The third kappa shape index (κ3) is 4.08. The van der Waals surface area contributed by atoms with Crippen molar-refractivity contribution in [3.63, 3.8) is 0 Å². The van der Waals surface area contributed by atoms with Crippen LogP contribution >= 0.6 is 0 Å². The maximum absolute atomic E-state index is 3.60. The van der Waals surface area contributed by atoms with Gasteiger partial charge in [0.15, 0.2) is 0 Å². The summed E-state index contributed by atoms with van der Waals surface area (Å²) in [5.74, 6) is 0. The van der Waals surface area contributed by atoms with Crippen LogP contribution < -0.4 is 5.32 Å². The van der Waals surface area contributed by atoms with Gasteiger partial charge in [-0.15, -0.1) is 0 Å². The van der Waals surface area contributed by atoms with Crippen molar-refractivity contribution in [1.82, 2.24) is 4.90 Å². The van der Waals surface area contributed by atoms with Gasteiger partial charge in [0.05, 0.1) is 0 Å². The highest BCUT2D eigenvalue weighted by molar-refractivity contribution is 5.52. The lowest BCUT2D eigenvalue weighted by Gasteiger charge is -2.17. The van der Waals surface area contributed by atoms with E-state index in [1.54, 1.807) is 0 Å². The van der Waals surface area contributed by atoms with Crippen molar-refractivity contribution < 1.29 is 0 Å². The van der Waals surface area contributed by atoms with Gasteiger partial charge in [0.25, 0.3) is 0 Å². The molecule has 2 aromatic carbocycles. The normalized spacial score (nSPS) is 11.0. The Morgan fingerprint density at radius 2 is 1.52 bits per heavy atom. The number of para-hydroxylation sites is 1. The maximum Gasteiger partial charge on any atom is 0.0403 e. The van der Waals surface area contributed by atoms with E-state index in [0.717, 1.165) is 13.1 Å². The Hall–Kier alpha value is -1.80. The molecule has 0 fully saturated rings. The second-order valence-corrected chi connectivity index (χ2v) is 6.11. The Labute approximate surface area is 128 Å². The lowest BCUT2D eigenvalue weighted by Crippen LogP contribution is -2.13. The van der Waals surface area contributed by atoms with Crippen LogP contribution in [0.4, 0.5) is 5.69 Å². The number of hydrogen-bond acceptors (Lipinski definition) is 2. The minimum Gasteiger partial charge on any atom is -0.381 e. The lowest BCUT2D eigenvalue weighted by molar-refractivity contribution is 0.403. The van der Waals surface area contributed by atoms with E-state index in [0.29, 0.717) is 0 Å². The van der Waals surface area contributed by atoms with Crippen LogP contribution in [-0.2, 0) is 13.1 Å². The molecule has 0 aliphatic heterocycles. The predicted molar refractivity (Wildman–Crippen MR) is 91.8 cm³/mol. The van der Waals surface area contributed by atoms with Gasteiger partial charge in [-0.25, -0.2) is 0 Å². The second kappa shape index (κ2) is 6.77. The van der Waals surface area contributed by atoms with E-state index in [1.807, 2.05) is 0 Å². The van der Waals surface area contributed by atoms with Crippen molar-refractivity contribution in [3.05, 3.63) is 64.2 Å². The molecule has 2 aromatic rings. The van der Waals surface area contributed by atoms with Crippen LogP contribution in [0.1, 0.15) is 27.8 Å². The molecule has 0 aromatic heterocycles. The number of nitrogens with one attached hydrogen (secondary N) is 1. The minimum absolute atomic E-state index is 0.872. The molecular weight excluding hydrogens is 256 g/mol. The Morgan fingerprint density at radius 3 is 2.24 bits per heavy atom. The number of hydrogen-bond donors (Lipinski definition) is 1. The van der Waals surface area contributed by atoms with Crippen molar-refractivity contribution in [2.24, 2.45) is 0 Å². The van der Waals surface area contributed by atoms with Crippen LogP contribution in [0, 0.1) is 20.8 Å². The van der Waals surface area contributed by atoms with E-state index in [-0.39, 0.29) is 0 Å². The summed E-state index contributed by atoms with van der Waals surface area (Å²) in [4.78, 5) is 2.20. The van der Waals surface area contributed by atoms with Crippen molar-refractivity contribution in [2.45, 2.75) is 33.9 Å². The van der Waals surface area contributed by atoms with Gasteiger partial charge in [-0.05, 0) is 68.8 Å². The van der Waals surface area contributed by atoms with Gasteiger partial charge in [0.2, 0.25) is 0 Å². The highest BCUT2D eigenvalue weighted by Gasteiger charge is 2.05. The molecule has 0 heterocycles. The van der Waals surface area contributed by atoms with Crippen molar-refractivity contribution in [3.8, 4) is 0 Å². The lowest BCUT2D eigenvalue weighted by atomic mass is 10.0. The van der Waals surface area contributed by atoms with E-state index >= 15 is 0 Å². The van der Waals surface area contributed by atoms with Gasteiger partial charge < -0.3 is 10.2 Å². The number of nitrogens with zero attached hydrogens (tertiary/aromatic N) is 1. The zero-order valence-corrected chi connectivity index (χ0v) is 13.8. The average molecular weight is 282 g/mol. The molecule has 112 valence electrons. The van der Waals surface area contributed by atoms with E-state index < -0.39 is 0 Å². The summed E-state index contributed by atoms with van der Waals surface area (Å²) < 4.78 is 0. The molecule has 0 radical (unpaired) electrons.